The molecule has 0 heterocycles. The number of carbonyl (C=O) groups is 1. The average Bonchev–Trinajstić information content (AvgIpc) is 1.87. The van der Waals surface area contributed by atoms with Gasteiger partial charge in [-0.1, -0.05) is 13.5 Å². The minimum Gasteiger partial charge on any atom is -0.347 e. The van der Waals surface area contributed by atoms with Gasteiger partial charge >= 0.3 is 0 Å². The summed E-state index contributed by atoms with van der Waals surface area (Å²) in [5.41, 5.74) is -0.231. The van der Waals surface area contributed by atoms with Crippen molar-refractivity contribution >= 4 is 5.91 Å². The first-order valence-electron chi connectivity index (χ1n) is 3.27. The van der Waals surface area contributed by atoms with Crippen LogP contribution in [0.25, 0.3) is 0 Å². The van der Waals surface area contributed by atoms with Gasteiger partial charge < -0.3 is 5.32 Å². The first-order chi connectivity index (χ1) is 4.52. The van der Waals surface area contributed by atoms with Crippen molar-refractivity contribution in [3.63, 3.8) is 0 Å². The molecule has 0 atom stereocenters. The number of nitrogens with one attached hydrogen (secondary N) is 1. The quantitative estimate of drug-likeness (QED) is 0.588. The van der Waals surface area contributed by atoms with Crippen molar-refractivity contribution in [3.8, 4) is 0 Å². The second kappa shape index (κ2) is 3.40. The number of rotatable bonds is 3. The van der Waals surface area contributed by atoms with Gasteiger partial charge in [0.15, 0.2) is 0 Å². The van der Waals surface area contributed by atoms with Crippen LogP contribution in [0.15, 0.2) is 12.7 Å². The highest BCUT2D eigenvalue weighted by Crippen LogP contribution is 2.04. The number of carbonyl (C=O) groups excluding carboxylic acids is 1. The van der Waals surface area contributed by atoms with Gasteiger partial charge in [-0.25, -0.2) is 0 Å². The highest BCUT2D eigenvalue weighted by Gasteiger charge is 2.15. The zero-order valence-corrected chi connectivity index (χ0v) is 6.77. The number of hydrogen-bond donors (Lipinski definition) is 1. The molecule has 0 rings (SSSR count). The van der Waals surface area contributed by atoms with Crippen molar-refractivity contribution in [2.45, 2.75) is 26.3 Å². The van der Waals surface area contributed by atoms with E-state index in [1.807, 2.05) is 27.2 Å². The van der Waals surface area contributed by atoms with E-state index in [0.717, 1.165) is 0 Å². The molecule has 1 N–H and O–H groups in total. The molecule has 2 heteroatoms. The van der Waals surface area contributed by atoms with Crippen molar-refractivity contribution in [2.75, 3.05) is 0 Å². The van der Waals surface area contributed by atoms with Crippen LogP contribution in [0.1, 0.15) is 20.8 Å². The Kier molecular flexibility index (Phi) is 3.13. The maximum atomic E-state index is 10.7. The van der Waals surface area contributed by atoms with Crippen molar-refractivity contribution in [3.05, 3.63) is 19.1 Å². The van der Waals surface area contributed by atoms with Crippen LogP contribution in [0, 0.1) is 6.42 Å². The van der Waals surface area contributed by atoms with Gasteiger partial charge in [-0.3, -0.25) is 4.79 Å². The lowest BCUT2D eigenvalue weighted by Gasteiger charge is -2.22. The van der Waals surface area contributed by atoms with Crippen LogP contribution in [-0.4, -0.2) is 11.4 Å². The molecule has 0 aliphatic carbocycles. The van der Waals surface area contributed by atoms with Crippen LogP contribution >= 0.6 is 0 Å². The molecular weight excluding hydrogens is 126 g/mol. The van der Waals surface area contributed by atoms with Crippen molar-refractivity contribution < 1.29 is 4.79 Å². The molecule has 0 spiro atoms. The van der Waals surface area contributed by atoms with Crippen LogP contribution < -0.4 is 5.32 Å². The molecule has 0 saturated carbocycles. The maximum absolute atomic E-state index is 10.7. The lowest BCUT2D eigenvalue weighted by molar-refractivity contribution is -0.117. The number of amides is 1. The van der Waals surface area contributed by atoms with Crippen LogP contribution in [0.4, 0.5) is 0 Å². The van der Waals surface area contributed by atoms with Gasteiger partial charge in [0.2, 0.25) is 5.91 Å². The van der Waals surface area contributed by atoms with Gasteiger partial charge in [-0.2, -0.15) is 0 Å². The monoisotopic (exact) mass is 140 g/mol. The van der Waals surface area contributed by atoms with Crippen molar-refractivity contribution in [1.29, 1.82) is 0 Å². The predicted molar refractivity (Wildman–Crippen MR) is 42.4 cm³/mol. The molecule has 0 unspecified atom stereocenters. The van der Waals surface area contributed by atoms with Gasteiger partial charge in [0, 0.05) is 5.54 Å². The standard InChI is InChI=1S/C8H14NO/c1-5-7(10)9-8(3,4)6-2/h5-6H,1H2,2-4H3,(H,9,10). The van der Waals surface area contributed by atoms with E-state index in [9.17, 15) is 4.79 Å². The van der Waals surface area contributed by atoms with E-state index in [-0.39, 0.29) is 11.4 Å². The molecule has 0 aromatic heterocycles. The normalized spacial score (nSPS) is 10.7. The fourth-order valence-electron chi connectivity index (χ4n) is 0.441. The van der Waals surface area contributed by atoms with Gasteiger partial charge in [0.25, 0.3) is 0 Å². The molecule has 0 aliphatic rings. The Morgan fingerprint density at radius 3 is 2.40 bits per heavy atom. The fourth-order valence-corrected chi connectivity index (χ4v) is 0.441. The molecule has 2 nitrogen and oxygen atoms in total. The summed E-state index contributed by atoms with van der Waals surface area (Å²) in [4.78, 5) is 10.7. The second-order valence-corrected chi connectivity index (χ2v) is 2.70. The Hall–Kier alpha value is -0.790. The van der Waals surface area contributed by atoms with Crippen molar-refractivity contribution in [2.24, 2.45) is 0 Å². The third-order valence-electron chi connectivity index (χ3n) is 1.35. The third kappa shape index (κ3) is 3.28. The largest absolute Gasteiger partial charge is 0.347 e. The minimum atomic E-state index is -0.231. The van der Waals surface area contributed by atoms with Crippen LogP contribution in [0.5, 0.6) is 0 Å². The zero-order valence-electron chi connectivity index (χ0n) is 6.77. The van der Waals surface area contributed by atoms with Crippen molar-refractivity contribution in [1.82, 2.24) is 5.32 Å². The molecular formula is C8H14NO. The lowest BCUT2D eigenvalue weighted by Crippen LogP contribution is -2.42. The Labute approximate surface area is 62.3 Å². The molecule has 10 heavy (non-hydrogen) atoms. The SMILES string of the molecule is C=CC(=O)NC(C)(C)[CH]C. The summed E-state index contributed by atoms with van der Waals surface area (Å²) >= 11 is 0. The summed E-state index contributed by atoms with van der Waals surface area (Å²) in [6.07, 6.45) is 3.19. The van der Waals surface area contributed by atoms with E-state index in [2.05, 4.69) is 11.9 Å². The fraction of sp³-hybridized carbons (Fsp3) is 0.500. The van der Waals surface area contributed by atoms with E-state index in [4.69, 9.17) is 0 Å². The molecule has 0 aromatic carbocycles. The Morgan fingerprint density at radius 1 is 1.60 bits per heavy atom. The van der Waals surface area contributed by atoms with Crippen LogP contribution in [0.3, 0.4) is 0 Å². The number of hydrogen-bond acceptors (Lipinski definition) is 1. The molecule has 0 bridgehead atoms. The van der Waals surface area contributed by atoms with Gasteiger partial charge in [0.1, 0.15) is 0 Å². The lowest BCUT2D eigenvalue weighted by atomic mass is 10.0. The third-order valence-corrected chi connectivity index (χ3v) is 1.35. The summed E-state index contributed by atoms with van der Waals surface area (Å²) in [6.45, 7) is 9.11. The van der Waals surface area contributed by atoms with Crippen LogP contribution in [-0.2, 0) is 4.79 Å². The molecule has 1 amide bonds. The second-order valence-electron chi connectivity index (χ2n) is 2.70. The molecule has 1 radical (unpaired) electrons. The first-order valence-corrected chi connectivity index (χ1v) is 3.27. The van der Waals surface area contributed by atoms with Gasteiger partial charge in [0.05, 0.1) is 0 Å². The minimum absolute atomic E-state index is 0.136. The molecule has 57 valence electrons. The summed E-state index contributed by atoms with van der Waals surface area (Å²) in [5, 5.41) is 2.74. The zero-order chi connectivity index (χ0) is 8.20. The maximum Gasteiger partial charge on any atom is 0.243 e. The van der Waals surface area contributed by atoms with E-state index >= 15 is 0 Å². The summed E-state index contributed by atoms with van der Waals surface area (Å²) < 4.78 is 0. The highest BCUT2D eigenvalue weighted by molar-refractivity contribution is 5.87. The Morgan fingerprint density at radius 2 is 2.10 bits per heavy atom. The summed E-state index contributed by atoms with van der Waals surface area (Å²) in [7, 11) is 0. The average molecular weight is 140 g/mol. The van der Waals surface area contributed by atoms with Gasteiger partial charge in [-0.05, 0) is 26.3 Å². The van der Waals surface area contributed by atoms with Crippen LogP contribution in [0.2, 0.25) is 0 Å². The molecule has 0 fully saturated rings. The van der Waals surface area contributed by atoms with E-state index in [1.54, 1.807) is 0 Å². The smallest absolute Gasteiger partial charge is 0.243 e. The topological polar surface area (TPSA) is 29.1 Å². The summed E-state index contributed by atoms with van der Waals surface area (Å²) in [5.74, 6) is -0.136. The first kappa shape index (κ1) is 9.21. The molecule has 0 aromatic rings. The molecule has 0 aliphatic heterocycles. The summed E-state index contributed by atoms with van der Waals surface area (Å²) in [6, 6.07) is 0. The Bertz CT molecular complexity index is 138. The molecule has 0 saturated heterocycles. The van der Waals surface area contributed by atoms with E-state index in [0.29, 0.717) is 0 Å². The van der Waals surface area contributed by atoms with E-state index in [1.165, 1.54) is 6.08 Å². The Balaban J connectivity index is 3.87. The van der Waals surface area contributed by atoms with Gasteiger partial charge in [-0.15, -0.1) is 0 Å². The predicted octanol–water partition coefficient (Wildman–Crippen LogP) is 1.29. The highest BCUT2D eigenvalue weighted by atomic mass is 16.1. The van der Waals surface area contributed by atoms with E-state index < -0.39 is 0 Å².